The van der Waals surface area contributed by atoms with Crippen molar-refractivity contribution in [3.8, 4) is 0 Å². The highest BCUT2D eigenvalue weighted by atomic mass is 19.1. The monoisotopic (exact) mass is 298 g/mol. The van der Waals surface area contributed by atoms with E-state index < -0.39 is 17.8 Å². The Morgan fingerprint density at radius 3 is 2.76 bits per heavy atom. The molecule has 4 nitrogen and oxygen atoms in total. The van der Waals surface area contributed by atoms with Gasteiger partial charge in [-0.2, -0.15) is 0 Å². The Labute approximate surface area is 123 Å². The number of unbranched alkanes of at least 4 members (excludes halogenated alkanes) is 1. The molecule has 0 radical (unpaired) electrons. The lowest BCUT2D eigenvalue weighted by Gasteiger charge is -2.25. The van der Waals surface area contributed by atoms with Gasteiger partial charge in [-0.1, -0.05) is 0 Å². The van der Waals surface area contributed by atoms with Gasteiger partial charge in [0.2, 0.25) is 5.91 Å². The summed E-state index contributed by atoms with van der Waals surface area (Å²) >= 11 is 0. The van der Waals surface area contributed by atoms with Crippen LogP contribution in [0, 0.1) is 11.6 Å². The van der Waals surface area contributed by atoms with E-state index in [0.29, 0.717) is 18.7 Å². The van der Waals surface area contributed by atoms with E-state index in [2.05, 4.69) is 5.32 Å². The van der Waals surface area contributed by atoms with Crippen LogP contribution in [0.25, 0.3) is 0 Å². The molecule has 2 atom stereocenters. The summed E-state index contributed by atoms with van der Waals surface area (Å²) in [6.07, 6.45) is 1.05. The summed E-state index contributed by atoms with van der Waals surface area (Å²) in [7, 11) is 1.63. The molecule has 0 aliphatic carbocycles. The molecule has 116 valence electrons. The third-order valence-electron chi connectivity index (χ3n) is 3.63. The summed E-state index contributed by atoms with van der Waals surface area (Å²) in [6.45, 7) is 2.88. The minimum atomic E-state index is -0.642. The van der Waals surface area contributed by atoms with Crippen LogP contribution in [0.4, 0.5) is 8.78 Å². The van der Waals surface area contributed by atoms with Crippen LogP contribution >= 0.6 is 0 Å². The number of hydrogen-bond acceptors (Lipinski definition) is 3. The molecule has 1 heterocycles. The highest BCUT2D eigenvalue weighted by Crippen LogP contribution is 2.28. The van der Waals surface area contributed by atoms with Gasteiger partial charge in [0, 0.05) is 31.9 Å². The molecule has 1 saturated heterocycles. The lowest BCUT2D eigenvalue weighted by molar-refractivity contribution is -0.129. The molecular formula is C15H20F2N2O2. The molecule has 0 spiro atoms. The number of nitrogens with one attached hydrogen (secondary N) is 1. The van der Waals surface area contributed by atoms with Gasteiger partial charge in [-0.3, -0.25) is 10.1 Å². The second kappa shape index (κ2) is 6.95. The van der Waals surface area contributed by atoms with Crippen molar-refractivity contribution in [3.63, 3.8) is 0 Å². The Bertz CT molecular complexity index is 510. The van der Waals surface area contributed by atoms with Crippen LogP contribution in [-0.4, -0.2) is 37.1 Å². The van der Waals surface area contributed by atoms with Crippen LogP contribution in [0.2, 0.25) is 0 Å². The van der Waals surface area contributed by atoms with E-state index in [1.807, 2.05) is 0 Å². The third-order valence-corrected chi connectivity index (χ3v) is 3.63. The van der Waals surface area contributed by atoms with Crippen molar-refractivity contribution in [2.45, 2.75) is 32.0 Å². The fraction of sp³-hybridized carbons (Fsp3) is 0.533. The molecule has 6 heteroatoms. The molecule has 1 aromatic rings. The van der Waals surface area contributed by atoms with Gasteiger partial charge in [-0.25, -0.2) is 8.78 Å². The zero-order valence-corrected chi connectivity index (χ0v) is 12.2. The Kier molecular flexibility index (Phi) is 5.25. The van der Waals surface area contributed by atoms with Crippen LogP contribution in [0.15, 0.2) is 18.2 Å². The fourth-order valence-electron chi connectivity index (χ4n) is 2.52. The first-order chi connectivity index (χ1) is 10.0. The molecule has 2 unspecified atom stereocenters. The summed E-state index contributed by atoms with van der Waals surface area (Å²) in [6, 6.07) is 3.06. The smallest absolute Gasteiger partial charge is 0.241 e. The maximum absolute atomic E-state index is 13.9. The first kappa shape index (κ1) is 15.9. The van der Waals surface area contributed by atoms with Gasteiger partial charge in [0.05, 0.1) is 6.04 Å². The standard InChI is InChI=1S/C15H20F2N2O2/c1-10-15(20)19(7-3-4-8-21-2)14(18-10)12-6-5-11(16)9-13(12)17/h5-6,9-10,14,18H,3-4,7-8H2,1-2H3. The third kappa shape index (κ3) is 3.57. The molecule has 21 heavy (non-hydrogen) atoms. The van der Waals surface area contributed by atoms with E-state index >= 15 is 0 Å². The molecule has 0 bridgehead atoms. The number of hydrogen-bond donors (Lipinski definition) is 1. The number of carbonyl (C=O) groups excluding carboxylic acids is 1. The first-order valence-corrected chi connectivity index (χ1v) is 7.05. The van der Waals surface area contributed by atoms with Crippen LogP contribution in [0.5, 0.6) is 0 Å². The number of rotatable bonds is 6. The summed E-state index contributed by atoms with van der Waals surface area (Å²) in [5, 5.41) is 3.05. The summed E-state index contributed by atoms with van der Waals surface area (Å²) in [5.74, 6) is -1.34. The van der Waals surface area contributed by atoms with Crippen molar-refractivity contribution in [1.29, 1.82) is 0 Å². The quantitative estimate of drug-likeness (QED) is 0.819. The topological polar surface area (TPSA) is 41.6 Å². The zero-order valence-electron chi connectivity index (χ0n) is 12.2. The van der Waals surface area contributed by atoms with Crippen molar-refractivity contribution in [2.24, 2.45) is 0 Å². The van der Waals surface area contributed by atoms with Gasteiger partial charge >= 0.3 is 0 Å². The number of methoxy groups -OCH3 is 1. The summed E-state index contributed by atoms with van der Waals surface area (Å²) in [4.78, 5) is 13.8. The highest BCUT2D eigenvalue weighted by molar-refractivity contribution is 5.84. The number of nitrogens with zero attached hydrogens (tertiary/aromatic N) is 1. The Morgan fingerprint density at radius 2 is 2.10 bits per heavy atom. The van der Waals surface area contributed by atoms with Gasteiger partial charge in [0.15, 0.2) is 0 Å². The van der Waals surface area contributed by atoms with E-state index in [0.717, 1.165) is 18.9 Å². The van der Waals surface area contributed by atoms with E-state index in [1.165, 1.54) is 12.1 Å². The van der Waals surface area contributed by atoms with E-state index in [-0.39, 0.29) is 11.9 Å². The number of benzene rings is 1. The van der Waals surface area contributed by atoms with Crippen molar-refractivity contribution >= 4 is 5.91 Å². The van der Waals surface area contributed by atoms with E-state index in [1.54, 1.807) is 18.9 Å². The summed E-state index contributed by atoms with van der Waals surface area (Å²) < 4.78 is 31.9. The number of amides is 1. The summed E-state index contributed by atoms with van der Waals surface area (Å²) in [5.41, 5.74) is 0.292. The molecule has 2 rings (SSSR count). The van der Waals surface area contributed by atoms with Crippen molar-refractivity contribution < 1.29 is 18.3 Å². The van der Waals surface area contributed by atoms with Crippen LogP contribution in [-0.2, 0) is 9.53 Å². The molecule has 0 aromatic heterocycles. The molecule has 1 amide bonds. The van der Waals surface area contributed by atoms with Crippen molar-refractivity contribution in [2.75, 3.05) is 20.3 Å². The van der Waals surface area contributed by atoms with E-state index in [4.69, 9.17) is 4.74 Å². The SMILES string of the molecule is COCCCCN1C(=O)C(C)NC1c1ccc(F)cc1F. The Morgan fingerprint density at radius 1 is 1.33 bits per heavy atom. The predicted molar refractivity (Wildman–Crippen MR) is 74.5 cm³/mol. The highest BCUT2D eigenvalue weighted by Gasteiger charge is 2.37. The zero-order chi connectivity index (χ0) is 15.4. The molecule has 1 aliphatic heterocycles. The van der Waals surface area contributed by atoms with Crippen LogP contribution < -0.4 is 5.32 Å². The predicted octanol–water partition coefficient (Wildman–Crippen LogP) is 2.21. The number of ether oxygens (including phenoxy) is 1. The van der Waals surface area contributed by atoms with Gasteiger partial charge in [0.25, 0.3) is 0 Å². The average Bonchev–Trinajstić information content (AvgIpc) is 2.71. The second-order valence-corrected chi connectivity index (χ2v) is 5.19. The van der Waals surface area contributed by atoms with Crippen molar-refractivity contribution in [3.05, 3.63) is 35.4 Å². The minimum Gasteiger partial charge on any atom is -0.385 e. The van der Waals surface area contributed by atoms with Crippen LogP contribution in [0.1, 0.15) is 31.5 Å². The maximum Gasteiger partial charge on any atom is 0.241 e. The largest absolute Gasteiger partial charge is 0.385 e. The molecule has 1 aromatic carbocycles. The number of halogens is 2. The van der Waals surface area contributed by atoms with Crippen LogP contribution in [0.3, 0.4) is 0 Å². The lowest BCUT2D eigenvalue weighted by Crippen LogP contribution is -2.32. The van der Waals surface area contributed by atoms with Gasteiger partial charge in [0.1, 0.15) is 17.8 Å². The second-order valence-electron chi connectivity index (χ2n) is 5.19. The molecule has 0 saturated carbocycles. The molecule has 1 N–H and O–H groups in total. The molecular weight excluding hydrogens is 278 g/mol. The van der Waals surface area contributed by atoms with Gasteiger partial charge < -0.3 is 9.64 Å². The minimum absolute atomic E-state index is 0.0684. The van der Waals surface area contributed by atoms with Crippen molar-refractivity contribution in [1.82, 2.24) is 10.2 Å². The Hall–Kier alpha value is -1.53. The fourth-order valence-corrected chi connectivity index (χ4v) is 2.52. The molecule has 1 aliphatic rings. The lowest BCUT2D eigenvalue weighted by atomic mass is 10.1. The number of carbonyl (C=O) groups is 1. The van der Waals surface area contributed by atoms with E-state index in [9.17, 15) is 13.6 Å². The van der Waals surface area contributed by atoms with Gasteiger partial charge in [-0.05, 0) is 31.9 Å². The maximum atomic E-state index is 13.9. The first-order valence-electron chi connectivity index (χ1n) is 7.05. The van der Waals surface area contributed by atoms with Gasteiger partial charge in [-0.15, -0.1) is 0 Å². The molecule has 1 fully saturated rings. The Balaban J connectivity index is 2.13. The average molecular weight is 298 g/mol. The normalized spacial score (nSPS) is 22.1.